The van der Waals surface area contributed by atoms with Gasteiger partial charge >= 0.3 is 0 Å². The van der Waals surface area contributed by atoms with Crippen molar-refractivity contribution in [3.8, 4) is 0 Å². The Kier molecular flexibility index (Phi) is 5.55. The summed E-state index contributed by atoms with van der Waals surface area (Å²) in [5.74, 6) is 0.292. The minimum atomic E-state index is 0.288. The Bertz CT molecular complexity index is 233. The lowest BCUT2D eigenvalue weighted by atomic mass is 10.1. The Morgan fingerprint density at radius 3 is 2.88 bits per heavy atom. The summed E-state index contributed by atoms with van der Waals surface area (Å²) in [5.41, 5.74) is 5.51. The van der Waals surface area contributed by atoms with Crippen molar-refractivity contribution < 1.29 is 9.94 Å². The molecule has 0 aromatic carbocycles. The highest BCUT2D eigenvalue weighted by atomic mass is 16.5. The van der Waals surface area contributed by atoms with Crippen LogP contribution in [0.1, 0.15) is 39.0 Å². The lowest BCUT2D eigenvalue weighted by Gasteiger charge is -2.21. The first kappa shape index (κ1) is 13.3. The van der Waals surface area contributed by atoms with Gasteiger partial charge in [-0.05, 0) is 25.7 Å². The molecule has 4 N–H and O–H groups in total. The van der Waals surface area contributed by atoms with E-state index in [1.54, 1.807) is 7.11 Å². The van der Waals surface area contributed by atoms with Gasteiger partial charge in [0.25, 0.3) is 0 Å². The van der Waals surface area contributed by atoms with Crippen molar-refractivity contribution in [1.82, 2.24) is 5.32 Å². The van der Waals surface area contributed by atoms with Gasteiger partial charge in [0.2, 0.25) is 0 Å². The normalized spacial score (nSPS) is 28.2. The quantitative estimate of drug-likeness (QED) is 0.275. The van der Waals surface area contributed by atoms with Crippen LogP contribution in [0.25, 0.3) is 0 Å². The Hall–Kier alpha value is -0.810. The Morgan fingerprint density at radius 2 is 2.38 bits per heavy atom. The summed E-state index contributed by atoms with van der Waals surface area (Å²) in [7, 11) is 1.76. The van der Waals surface area contributed by atoms with Crippen LogP contribution in [-0.2, 0) is 4.74 Å². The molecule has 5 nitrogen and oxygen atoms in total. The molecule has 0 aromatic heterocycles. The number of methoxy groups -OCH3 is 1. The summed E-state index contributed by atoms with van der Waals surface area (Å²) >= 11 is 0. The highest BCUT2D eigenvalue weighted by molar-refractivity contribution is 5.80. The maximum Gasteiger partial charge on any atom is 0.140 e. The number of oxime groups is 1. The second-order valence-electron chi connectivity index (χ2n) is 4.43. The standard InChI is InChI=1S/C11H23N3O2/c1-3-8(7-11(12)14-15)13-9-4-5-10(6-9)16-2/h8-10,13,15H,3-7H2,1-2H3,(H2,12,14). The van der Waals surface area contributed by atoms with E-state index in [1.165, 1.54) is 0 Å². The van der Waals surface area contributed by atoms with Crippen molar-refractivity contribution in [2.45, 2.75) is 57.2 Å². The smallest absolute Gasteiger partial charge is 0.140 e. The van der Waals surface area contributed by atoms with Gasteiger partial charge in [0.1, 0.15) is 5.84 Å². The first-order valence-corrected chi connectivity index (χ1v) is 5.94. The molecule has 94 valence electrons. The van der Waals surface area contributed by atoms with Crippen LogP contribution >= 0.6 is 0 Å². The lowest BCUT2D eigenvalue weighted by molar-refractivity contribution is 0.106. The SMILES string of the molecule is CCC(CC(N)=NO)NC1CCC(OC)C1. The number of amidine groups is 1. The molecule has 1 saturated carbocycles. The molecule has 16 heavy (non-hydrogen) atoms. The van der Waals surface area contributed by atoms with Crippen LogP contribution in [0.4, 0.5) is 0 Å². The van der Waals surface area contributed by atoms with Crippen molar-refractivity contribution >= 4 is 5.84 Å². The Balaban J connectivity index is 2.33. The number of ether oxygens (including phenoxy) is 1. The zero-order valence-electron chi connectivity index (χ0n) is 10.1. The van der Waals surface area contributed by atoms with Crippen molar-refractivity contribution in [3.63, 3.8) is 0 Å². The number of nitrogens with two attached hydrogens (primary N) is 1. The molecule has 0 heterocycles. The predicted molar refractivity (Wildman–Crippen MR) is 63.7 cm³/mol. The summed E-state index contributed by atoms with van der Waals surface area (Å²) < 4.78 is 5.33. The van der Waals surface area contributed by atoms with E-state index < -0.39 is 0 Å². The maximum absolute atomic E-state index is 8.54. The summed E-state index contributed by atoms with van der Waals surface area (Å²) in [6.45, 7) is 2.10. The molecule has 1 aliphatic carbocycles. The molecule has 0 spiro atoms. The number of hydrogen-bond donors (Lipinski definition) is 3. The molecule has 3 unspecified atom stereocenters. The topological polar surface area (TPSA) is 79.9 Å². The van der Waals surface area contributed by atoms with E-state index in [4.69, 9.17) is 15.7 Å². The van der Waals surface area contributed by atoms with E-state index in [0.29, 0.717) is 24.4 Å². The van der Waals surface area contributed by atoms with Crippen LogP contribution in [0.15, 0.2) is 5.16 Å². The number of nitrogens with one attached hydrogen (secondary N) is 1. The predicted octanol–water partition coefficient (Wildman–Crippen LogP) is 1.06. The Morgan fingerprint density at radius 1 is 1.62 bits per heavy atom. The van der Waals surface area contributed by atoms with Crippen LogP contribution in [0, 0.1) is 0 Å². The third kappa shape index (κ3) is 3.98. The lowest BCUT2D eigenvalue weighted by Crippen LogP contribution is -2.39. The van der Waals surface area contributed by atoms with Crippen LogP contribution in [0.5, 0.6) is 0 Å². The van der Waals surface area contributed by atoms with Crippen LogP contribution in [0.3, 0.4) is 0 Å². The average molecular weight is 229 g/mol. The van der Waals surface area contributed by atoms with Gasteiger partial charge in [-0.1, -0.05) is 12.1 Å². The van der Waals surface area contributed by atoms with Gasteiger partial charge in [0.05, 0.1) is 6.10 Å². The van der Waals surface area contributed by atoms with Gasteiger partial charge < -0.3 is 21.0 Å². The molecule has 1 aliphatic rings. The van der Waals surface area contributed by atoms with E-state index in [1.807, 2.05) is 0 Å². The highest BCUT2D eigenvalue weighted by Gasteiger charge is 2.25. The molecular weight excluding hydrogens is 206 g/mol. The number of rotatable bonds is 6. The molecular formula is C11H23N3O2. The highest BCUT2D eigenvalue weighted by Crippen LogP contribution is 2.22. The summed E-state index contributed by atoms with van der Waals surface area (Å²) in [4.78, 5) is 0. The van der Waals surface area contributed by atoms with E-state index in [9.17, 15) is 0 Å². The number of hydrogen-bond acceptors (Lipinski definition) is 4. The first-order valence-electron chi connectivity index (χ1n) is 5.94. The van der Waals surface area contributed by atoms with Gasteiger partial charge in [0, 0.05) is 25.6 Å². The molecule has 5 heteroatoms. The molecule has 0 amide bonds. The maximum atomic E-state index is 8.54. The van der Waals surface area contributed by atoms with Crippen molar-refractivity contribution in [3.05, 3.63) is 0 Å². The summed E-state index contributed by atoms with van der Waals surface area (Å²) in [5, 5.41) is 15.1. The first-order chi connectivity index (χ1) is 7.69. The third-order valence-electron chi connectivity index (χ3n) is 3.27. The van der Waals surface area contributed by atoms with Crippen LogP contribution in [-0.4, -0.2) is 36.3 Å². The van der Waals surface area contributed by atoms with Crippen LogP contribution in [0.2, 0.25) is 0 Å². The molecule has 0 aliphatic heterocycles. The van der Waals surface area contributed by atoms with Gasteiger partial charge in [0.15, 0.2) is 0 Å². The molecule has 3 atom stereocenters. The largest absolute Gasteiger partial charge is 0.409 e. The van der Waals surface area contributed by atoms with E-state index in [2.05, 4.69) is 17.4 Å². The van der Waals surface area contributed by atoms with Crippen molar-refractivity contribution in [1.29, 1.82) is 0 Å². The van der Waals surface area contributed by atoms with E-state index in [-0.39, 0.29) is 6.04 Å². The molecule has 1 rings (SSSR count). The fourth-order valence-corrected chi connectivity index (χ4v) is 2.25. The van der Waals surface area contributed by atoms with Gasteiger partial charge in [-0.15, -0.1) is 0 Å². The molecule has 1 fully saturated rings. The fraction of sp³-hybridized carbons (Fsp3) is 0.909. The van der Waals surface area contributed by atoms with Crippen molar-refractivity contribution in [2.24, 2.45) is 10.9 Å². The minimum Gasteiger partial charge on any atom is -0.409 e. The molecule has 0 saturated heterocycles. The summed E-state index contributed by atoms with van der Waals surface area (Å²) in [6, 6.07) is 0.790. The second kappa shape index (κ2) is 6.70. The zero-order chi connectivity index (χ0) is 12.0. The van der Waals surface area contributed by atoms with Gasteiger partial charge in [-0.25, -0.2) is 0 Å². The second-order valence-corrected chi connectivity index (χ2v) is 4.43. The summed E-state index contributed by atoms with van der Waals surface area (Å²) in [6.07, 6.45) is 5.28. The van der Waals surface area contributed by atoms with Gasteiger partial charge in [-0.2, -0.15) is 0 Å². The number of nitrogens with zero attached hydrogens (tertiary/aromatic N) is 1. The van der Waals surface area contributed by atoms with Crippen molar-refractivity contribution in [2.75, 3.05) is 7.11 Å². The molecule has 0 bridgehead atoms. The minimum absolute atomic E-state index is 0.288. The fourth-order valence-electron chi connectivity index (χ4n) is 2.25. The van der Waals surface area contributed by atoms with E-state index in [0.717, 1.165) is 25.7 Å². The monoisotopic (exact) mass is 229 g/mol. The zero-order valence-corrected chi connectivity index (χ0v) is 10.1. The Labute approximate surface area is 97.0 Å². The third-order valence-corrected chi connectivity index (χ3v) is 3.27. The average Bonchev–Trinajstić information content (AvgIpc) is 2.75. The molecule has 0 aromatic rings. The van der Waals surface area contributed by atoms with Crippen LogP contribution < -0.4 is 11.1 Å². The molecule has 0 radical (unpaired) electrons. The van der Waals surface area contributed by atoms with E-state index >= 15 is 0 Å². The van der Waals surface area contributed by atoms with Gasteiger partial charge in [-0.3, -0.25) is 0 Å².